The fraction of sp³-hybridized carbons (Fsp3) is 0.600. The van der Waals surface area contributed by atoms with Gasteiger partial charge in [-0.1, -0.05) is 55.9 Å². The van der Waals surface area contributed by atoms with Crippen LogP contribution in [0.3, 0.4) is 0 Å². The molecule has 0 fully saturated rings. The van der Waals surface area contributed by atoms with Crippen molar-refractivity contribution in [3.05, 3.63) is 22.7 Å². The molecule has 78 valence electrons. The maximum atomic E-state index is 3.58. The number of hydrogen-bond acceptors (Lipinski definition) is 1. The van der Waals surface area contributed by atoms with Crippen molar-refractivity contribution >= 4 is 31.6 Å². The summed E-state index contributed by atoms with van der Waals surface area (Å²) in [5.74, 6) is 0. The van der Waals surface area contributed by atoms with Gasteiger partial charge in [0.05, 0.1) is 0 Å². The van der Waals surface area contributed by atoms with Crippen molar-refractivity contribution in [2.75, 3.05) is 0 Å². The first-order chi connectivity index (χ1) is 6.25. The lowest BCUT2D eigenvalue weighted by Gasteiger charge is -2.46. The van der Waals surface area contributed by atoms with Gasteiger partial charge in [-0.2, -0.15) is 0 Å². The first kappa shape index (κ1) is 12.1. The summed E-state index contributed by atoms with van der Waals surface area (Å²) in [6.45, 7) is 11.9. The third kappa shape index (κ3) is 2.34. The Bertz CT molecular complexity index is 278. The molecule has 0 aromatic rings. The second-order valence-corrected chi connectivity index (χ2v) is 11.6. The van der Waals surface area contributed by atoms with E-state index in [1.807, 2.05) is 0 Å². The Hall–Kier alpha value is 0.0418. The summed E-state index contributed by atoms with van der Waals surface area (Å²) in [6.07, 6.45) is 6.50. The van der Waals surface area contributed by atoms with E-state index in [1.54, 1.807) is 0 Å². The Morgan fingerprint density at radius 2 is 1.93 bits per heavy atom. The van der Waals surface area contributed by atoms with Crippen LogP contribution in [0, 0.1) is 0 Å². The van der Waals surface area contributed by atoms with Gasteiger partial charge in [0.1, 0.15) is 8.24 Å². The molecule has 0 unspecified atom stereocenters. The summed E-state index contributed by atoms with van der Waals surface area (Å²) in [7, 11) is -0.335. The van der Waals surface area contributed by atoms with Crippen LogP contribution in [0.2, 0.25) is 18.1 Å². The second-order valence-electron chi connectivity index (χ2n) is 5.39. The van der Waals surface area contributed by atoms with E-state index in [1.165, 1.54) is 4.38 Å². The van der Waals surface area contributed by atoms with Crippen LogP contribution < -0.4 is 0 Å². The fourth-order valence-electron chi connectivity index (χ4n) is 1.33. The van der Waals surface area contributed by atoms with Crippen molar-refractivity contribution in [1.82, 2.24) is 4.48 Å². The Morgan fingerprint density at radius 1 is 1.36 bits per heavy atom. The van der Waals surface area contributed by atoms with Gasteiger partial charge in [0.25, 0.3) is 7.41 Å². The summed E-state index contributed by atoms with van der Waals surface area (Å²) < 4.78 is 3.81. The minimum absolute atomic E-state index is 0.405. The third-order valence-corrected chi connectivity index (χ3v) is 9.35. The first-order valence-electron chi connectivity index (χ1n) is 5.05. The Kier molecular flexibility index (Phi) is 3.37. The zero-order chi connectivity index (χ0) is 11.0. The Labute approximate surface area is 97.7 Å². The highest BCUT2D eigenvalue weighted by atomic mass is 79.9. The molecule has 1 aliphatic rings. The van der Waals surface area contributed by atoms with E-state index in [4.69, 9.17) is 0 Å². The molecular weight excluding hydrogens is 253 g/mol. The monoisotopic (exact) mass is 271 g/mol. The lowest BCUT2D eigenvalue weighted by atomic mass is 9.92. The van der Waals surface area contributed by atoms with Crippen LogP contribution in [0.15, 0.2) is 22.7 Å². The Morgan fingerprint density at radius 3 is 2.36 bits per heavy atom. The minimum Gasteiger partial charge on any atom is -0.447 e. The highest BCUT2D eigenvalue weighted by molar-refractivity contribution is 9.12. The van der Waals surface area contributed by atoms with E-state index >= 15 is 0 Å². The average molecular weight is 272 g/mol. The summed E-state index contributed by atoms with van der Waals surface area (Å²) in [5, 5.41) is 0.405. The maximum Gasteiger partial charge on any atom is 0.268 e. The average Bonchev–Trinajstić information content (AvgIpc) is 2.02. The van der Waals surface area contributed by atoms with Crippen molar-refractivity contribution < 1.29 is 0 Å². The quantitative estimate of drug-likeness (QED) is 0.661. The molecule has 1 heterocycles. The molecule has 0 aliphatic carbocycles. The topological polar surface area (TPSA) is 3.24 Å². The highest BCUT2D eigenvalue weighted by Gasteiger charge is 2.40. The first-order valence-corrected chi connectivity index (χ1v) is 8.79. The van der Waals surface area contributed by atoms with Gasteiger partial charge < -0.3 is 4.48 Å². The molecule has 0 saturated carbocycles. The smallest absolute Gasteiger partial charge is 0.268 e. The molecule has 0 atom stereocenters. The van der Waals surface area contributed by atoms with Gasteiger partial charge >= 0.3 is 0 Å². The molecule has 0 spiro atoms. The molecule has 14 heavy (non-hydrogen) atoms. The number of nitrogens with zero attached hydrogens (tertiary/aromatic N) is 1. The predicted molar refractivity (Wildman–Crippen MR) is 72.3 cm³/mol. The van der Waals surface area contributed by atoms with Crippen LogP contribution in [0.1, 0.15) is 20.8 Å². The zero-order valence-corrected chi connectivity index (χ0v) is 12.4. The lowest BCUT2D eigenvalue weighted by molar-refractivity contribution is 0.657. The van der Waals surface area contributed by atoms with E-state index < -0.39 is 8.24 Å². The molecule has 0 N–H and O–H groups in total. The van der Waals surface area contributed by atoms with Crippen LogP contribution in [0.5, 0.6) is 0 Å². The lowest BCUT2D eigenvalue weighted by Crippen LogP contribution is -2.54. The van der Waals surface area contributed by atoms with Gasteiger partial charge in [0.2, 0.25) is 0 Å². The molecule has 1 rings (SSSR count). The summed E-state index contributed by atoms with van der Waals surface area (Å²) in [6, 6.07) is 0. The molecule has 1 aliphatic heterocycles. The van der Waals surface area contributed by atoms with E-state index in [0.717, 1.165) is 7.41 Å². The van der Waals surface area contributed by atoms with Crippen LogP contribution >= 0.6 is 15.9 Å². The zero-order valence-electron chi connectivity index (χ0n) is 9.76. The molecule has 1 nitrogen and oxygen atoms in total. The van der Waals surface area contributed by atoms with E-state index in [2.05, 4.69) is 72.6 Å². The van der Waals surface area contributed by atoms with Gasteiger partial charge in [-0.25, -0.2) is 0 Å². The van der Waals surface area contributed by atoms with E-state index in [-0.39, 0.29) is 0 Å². The van der Waals surface area contributed by atoms with Gasteiger partial charge in [-0.15, -0.1) is 0 Å². The third-order valence-electron chi connectivity index (χ3n) is 3.42. The summed E-state index contributed by atoms with van der Waals surface area (Å²) in [5.41, 5.74) is 0. The van der Waals surface area contributed by atoms with Crippen LogP contribution in [0.4, 0.5) is 0 Å². The van der Waals surface area contributed by atoms with E-state index in [0.29, 0.717) is 5.04 Å². The molecule has 0 aromatic carbocycles. The predicted octanol–water partition coefficient (Wildman–Crippen LogP) is 3.41. The molecule has 0 amide bonds. The van der Waals surface area contributed by atoms with Gasteiger partial charge in [0.15, 0.2) is 0 Å². The molecule has 0 saturated heterocycles. The normalized spacial score (nSPS) is 17.9. The van der Waals surface area contributed by atoms with Crippen molar-refractivity contribution in [2.24, 2.45) is 0 Å². The number of hydrogen-bond donors (Lipinski definition) is 0. The standard InChI is InChI=1S/C10H19BBrNSi/c1-10(2,3)14(4,5)13-8-6-7-9(12)11-13/h6-8,11H,1-5H3. The molecule has 0 radical (unpaired) electrons. The highest BCUT2D eigenvalue weighted by Crippen LogP contribution is 2.39. The number of halogens is 1. The van der Waals surface area contributed by atoms with Crippen molar-refractivity contribution in [1.29, 1.82) is 0 Å². The number of rotatable bonds is 1. The largest absolute Gasteiger partial charge is 0.447 e. The van der Waals surface area contributed by atoms with Gasteiger partial charge in [0, 0.05) is 0 Å². The van der Waals surface area contributed by atoms with Crippen LogP contribution in [0.25, 0.3) is 0 Å². The van der Waals surface area contributed by atoms with Crippen LogP contribution in [-0.4, -0.2) is 20.1 Å². The molecular formula is C10H19BBrNSi. The second kappa shape index (κ2) is 3.89. The van der Waals surface area contributed by atoms with Gasteiger partial charge in [-0.3, -0.25) is 0 Å². The molecule has 4 heteroatoms. The van der Waals surface area contributed by atoms with Crippen molar-refractivity contribution in [2.45, 2.75) is 38.9 Å². The number of allylic oxidation sites excluding steroid dienone is 2. The van der Waals surface area contributed by atoms with Crippen molar-refractivity contribution in [3.63, 3.8) is 0 Å². The minimum atomic E-state index is -1.37. The summed E-state index contributed by atoms with van der Waals surface area (Å²) >= 11 is 3.58. The van der Waals surface area contributed by atoms with Crippen LogP contribution in [-0.2, 0) is 0 Å². The maximum absolute atomic E-state index is 3.58. The SMILES string of the molecule is CC(C)(C)[Si](C)(C)N1BC(Br)=CC=C1. The van der Waals surface area contributed by atoms with Gasteiger partial charge in [-0.05, 0) is 21.7 Å². The van der Waals surface area contributed by atoms with E-state index in [9.17, 15) is 0 Å². The fourth-order valence-corrected chi connectivity index (χ4v) is 3.87. The molecule has 0 aromatic heterocycles. The molecule has 0 bridgehead atoms. The Balaban J connectivity index is 2.86. The summed E-state index contributed by atoms with van der Waals surface area (Å²) in [4.78, 5) is 0. The van der Waals surface area contributed by atoms with Crippen molar-refractivity contribution in [3.8, 4) is 0 Å².